The van der Waals surface area contributed by atoms with E-state index in [-0.39, 0.29) is 17.4 Å². The van der Waals surface area contributed by atoms with Crippen LogP contribution in [0, 0.1) is 6.92 Å². The molecule has 10 heteroatoms. The molecule has 154 valence electrons. The monoisotopic (exact) mass is 417 g/mol. The number of amides is 1. The van der Waals surface area contributed by atoms with E-state index < -0.39 is 10.0 Å². The third-order valence-electron chi connectivity index (χ3n) is 4.49. The maximum Gasteiger partial charge on any atom is 0.265 e. The summed E-state index contributed by atoms with van der Waals surface area (Å²) in [6.45, 7) is 3.63. The lowest BCUT2D eigenvalue weighted by Crippen LogP contribution is -2.27. The summed E-state index contributed by atoms with van der Waals surface area (Å²) in [5.41, 5.74) is 3.57. The molecule has 3 rings (SSSR count). The minimum atomic E-state index is -3.62. The normalized spacial score (nSPS) is 11.8. The fraction of sp³-hybridized carbons (Fsp3) is 0.316. The van der Waals surface area contributed by atoms with Gasteiger partial charge in [-0.15, -0.1) is 5.10 Å². The van der Waals surface area contributed by atoms with Gasteiger partial charge in [-0.1, -0.05) is 30.0 Å². The van der Waals surface area contributed by atoms with Gasteiger partial charge in [-0.05, 0) is 47.9 Å². The molecule has 0 saturated carbocycles. The molecule has 0 aliphatic heterocycles. The first-order valence-corrected chi connectivity index (χ1v) is 10.5. The van der Waals surface area contributed by atoms with E-state index in [1.165, 1.54) is 26.2 Å². The Balaban J connectivity index is 1.78. The third-order valence-corrected chi connectivity index (χ3v) is 6.30. The van der Waals surface area contributed by atoms with Crippen LogP contribution in [0.4, 0.5) is 5.69 Å². The molecular weight excluding hydrogens is 394 g/mol. The predicted octanol–water partition coefficient (Wildman–Crippen LogP) is 1.62. The van der Waals surface area contributed by atoms with Crippen molar-refractivity contribution in [2.45, 2.75) is 25.2 Å². The largest absolute Gasteiger partial charge is 0.385 e. The topological polar surface area (TPSA) is 106 Å². The van der Waals surface area contributed by atoms with E-state index in [0.717, 1.165) is 32.4 Å². The number of nitrogens with one attached hydrogen (secondary N) is 1. The van der Waals surface area contributed by atoms with Gasteiger partial charge in [0.15, 0.2) is 6.61 Å². The number of rotatable bonds is 7. The highest BCUT2D eigenvalue weighted by atomic mass is 32.2. The summed E-state index contributed by atoms with van der Waals surface area (Å²) in [5, 5.41) is 10.7. The second-order valence-corrected chi connectivity index (χ2v) is 8.84. The van der Waals surface area contributed by atoms with Crippen molar-refractivity contribution in [3.63, 3.8) is 0 Å². The summed E-state index contributed by atoms with van der Waals surface area (Å²) >= 11 is 0. The highest BCUT2D eigenvalue weighted by Gasteiger charge is 2.19. The molecule has 0 bridgehead atoms. The first-order valence-electron chi connectivity index (χ1n) is 9.03. The van der Waals surface area contributed by atoms with Gasteiger partial charge in [0, 0.05) is 19.8 Å². The standard InChI is InChI=1S/C19H23N5O4S/c1-5-14-8-6-7-13(2)19(14)20-18(25)12-28-24-17-11-15(29(26,27)23(3)4)9-10-16(17)21-22-24/h6-11H,5,12H2,1-4H3,(H,20,25). The van der Waals surface area contributed by atoms with Crippen molar-refractivity contribution in [3.8, 4) is 0 Å². The molecule has 1 heterocycles. The van der Waals surface area contributed by atoms with Crippen LogP contribution >= 0.6 is 0 Å². The molecule has 0 unspecified atom stereocenters. The van der Waals surface area contributed by atoms with Crippen LogP contribution in [-0.2, 0) is 21.2 Å². The SMILES string of the molecule is CCc1cccc(C)c1NC(=O)COn1nnc2ccc(S(=O)(=O)N(C)C)cc21. The number of para-hydroxylation sites is 1. The van der Waals surface area contributed by atoms with Gasteiger partial charge in [-0.25, -0.2) is 12.7 Å². The second-order valence-electron chi connectivity index (χ2n) is 6.68. The summed E-state index contributed by atoms with van der Waals surface area (Å²) in [4.78, 5) is 19.0. The highest BCUT2D eigenvalue weighted by Crippen LogP contribution is 2.21. The fourth-order valence-electron chi connectivity index (χ4n) is 2.84. The summed E-state index contributed by atoms with van der Waals surface area (Å²) in [6, 6.07) is 10.2. The van der Waals surface area contributed by atoms with Gasteiger partial charge in [0.1, 0.15) is 11.0 Å². The Hall–Kier alpha value is -2.98. The minimum absolute atomic E-state index is 0.0825. The van der Waals surface area contributed by atoms with Crippen molar-refractivity contribution < 1.29 is 18.0 Å². The molecule has 1 N–H and O–H groups in total. The fourth-order valence-corrected chi connectivity index (χ4v) is 3.76. The van der Waals surface area contributed by atoms with E-state index in [9.17, 15) is 13.2 Å². The van der Waals surface area contributed by atoms with Crippen molar-refractivity contribution in [2.24, 2.45) is 0 Å². The van der Waals surface area contributed by atoms with Crippen molar-refractivity contribution in [2.75, 3.05) is 26.0 Å². The predicted molar refractivity (Wildman–Crippen MR) is 109 cm³/mol. The van der Waals surface area contributed by atoms with Gasteiger partial charge in [0.05, 0.1) is 4.90 Å². The number of aryl methyl sites for hydroxylation is 2. The van der Waals surface area contributed by atoms with Crippen molar-refractivity contribution in [1.29, 1.82) is 0 Å². The van der Waals surface area contributed by atoms with Crippen LogP contribution in [-0.4, -0.2) is 54.5 Å². The molecular formula is C19H23N5O4S. The number of sulfonamides is 1. The van der Waals surface area contributed by atoms with Crippen LogP contribution in [0.2, 0.25) is 0 Å². The average Bonchev–Trinajstić information content (AvgIpc) is 3.10. The third kappa shape index (κ3) is 4.22. The van der Waals surface area contributed by atoms with Crippen LogP contribution in [0.1, 0.15) is 18.1 Å². The molecule has 0 aliphatic rings. The lowest BCUT2D eigenvalue weighted by Gasteiger charge is -2.13. The smallest absolute Gasteiger partial charge is 0.265 e. The molecule has 0 atom stereocenters. The van der Waals surface area contributed by atoms with Crippen molar-refractivity contribution >= 4 is 32.7 Å². The summed E-state index contributed by atoms with van der Waals surface area (Å²) in [7, 11) is -0.717. The number of carbonyl (C=O) groups is 1. The Morgan fingerprint density at radius 3 is 2.69 bits per heavy atom. The molecule has 0 spiro atoms. The number of anilines is 1. The summed E-state index contributed by atoms with van der Waals surface area (Å²) < 4.78 is 25.8. The quantitative estimate of drug-likeness (QED) is 0.626. The molecule has 3 aromatic rings. The Bertz CT molecular complexity index is 1150. The van der Waals surface area contributed by atoms with Gasteiger partial charge in [0.25, 0.3) is 5.91 Å². The Morgan fingerprint density at radius 2 is 2.00 bits per heavy atom. The van der Waals surface area contributed by atoms with Gasteiger partial charge in [-0.3, -0.25) is 4.79 Å². The summed E-state index contributed by atoms with van der Waals surface area (Å²) in [6.07, 6.45) is 0.787. The lowest BCUT2D eigenvalue weighted by molar-refractivity contribution is -0.121. The Labute approximate surface area is 169 Å². The van der Waals surface area contributed by atoms with Gasteiger partial charge in [0.2, 0.25) is 10.0 Å². The minimum Gasteiger partial charge on any atom is -0.385 e. The Morgan fingerprint density at radius 1 is 1.24 bits per heavy atom. The number of hydrogen-bond donors (Lipinski definition) is 1. The van der Waals surface area contributed by atoms with Gasteiger partial charge in [-0.2, -0.15) is 0 Å². The maximum atomic E-state index is 12.4. The van der Waals surface area contributed by atoms with Crippen LogP contribution in [0.3, 0.4) is 0 Å². The zero-order chi connectivity index (χ0) is 21.2. The lowest BCUT2D eigenvalue weighted by atomic mass is 10.1. The molecule has 1 amide bonds. The highest BCUT2D eigenvalue weighted by molar-refractivity contribution is 7.89. The van der Waals surface area contributed by atoms with E-state index >= 15 is 0 Å². The molecule has 1 aromatic heterocycles. The van der Waals surface area contributed by atoms with Crippen molar-refractivity contribution in [1.82, 2.24) is 19.5 Å². The first kappa shape index (κ1) is 20.7. The Kier molecular flexibility index (Phi) is 5.85. The van der Waals surface area contributed by atoms with E-state index in [1.807, 2.05) is 32.0 Å². The van der Waals surface area contributed by atoms with E-state index in [0.29, 0.717) is 11.0 Å². The number of fused-ring (bicyclic) bond motifs is 1. The number of hydrogen-bond acceptors (Lipinski definition) is 6. The number of benzene rings is 2. The number of aromatic nitrogens is 3. The van der Waals surface area contributed by atoms with Crippen LogP contribution in [0.25, 0.3) is 11.0 Å². The number of carbonyl (C=O) groups excluding carboxylic acids is 1. The van der Waals surface area contributed by atoms with Crippen LogP contribution in [0.15, 0.2) is 41.3 Å². The van der Waals surface area contributed by atoms with Crippen LogP contribution in [0.5, 0.6) is 0 Å². The zero-order valence-electron chi connectivity index (χ0n) is 16.7. The average molecular weight is 417 g/mol. The molecule has 2 aromatic carbocycles. The first-order chi connectivity index (χ1) is 13.7. The van der Waals surface area contributed by atoms with Gasteiger partial charge < -0.3 is 10.2 Å². The summed E-state index contributed by atoms with van der Waals surface area (Å²) in [5.74, 6) is -0.352. The molecule has 0 aliphatic carbocycles. The van der Waals surface area contributed by atoms with E-state index in [1.54, 1.807) is 6.07 Å². The molecule has 29 heavy (non-hydrogen) atoms. The number of nitrogens with zero attached hydrogens (tertiary/aromatic N) is 4. The van der Waals surface area contributed by atoms with Crippen LogP contribution < -0.4 is 10.2 Å². The van der Waals surface area contributed by atoms with Gasteiger partial charge >= 0.3 is 0 Å². The molecule has 9 nitrogen and oxygen atoms in total. The van der Waals surface area contributed by atoms with Crippen molar-refractivity contribution in [3.05, 3.63) is 47.5 Å². The molecule has 0 fully saturated rings. The van der Waals surface area contributed by atoms with E-state index in [4.69, 9.17) is 4.84 Å². The van der Waals surface area contributed by atoms with E-state index in [2.05, 4.69) is 15.6 Å². The molecule has 0 saturated heterocycles. The zero-order valence-corrected chi connectivity index (χ0v) is 17.5. The molecule has 0 radical (unpaired) electrons. The second kappa shape index (κ2) is 8.18. The maximum absolute atomic E-state index is 12.4.